The van der Waals surface area contributed by atoms with Gasteiger partial charge in [0.2, 0.25) is 0 Å². The van der Waals surface area contributed by atoms with Gasteiger partial charge in [-0.2, -0.15) is 0 Å². The van der Waals surface area contributed by atoms with E-state index in [0.717, 1.165) is 5.69 Å². The van der Waals surface area contributed by atoms with Crippen LogP contribution in [0, 0.1) is 6.92 Å². The summed E-state index contributed by atoms with van der Waals surface area (Å²) in [6.07, 6.45) is 6.48. The average Bonchev–Trinajstić information content (AvgIpc) is 3.43. The number of fused-ring (bicyclic) bond motifs is 4. The van der Waals surface area contributed by atoms with Gasteiger partial charge in [0.25, 0.3) is 0 Å². The van der Waals surface area contributed by atoms with Crippen LogP contribution in [0.5, 0.6) is 0 Å². The van der Waals surface area contributed by atoms with E-state index < -0.39 is 23.2 Å². The molecule has 32 heavy (non-hydrogen) atoms. The van der Waals surface area contributed by atoms with Gasteiger partial charge in [-0.25, -0.2) is 0 Å². The van der Waals surface area contributed by atoms with Crippen LogP contribution < -0.4 is 24.8 Å². The summed E-state index contributed by atoms with van der Waals surface area (Å²) in [5.41, 5.74) is 12.7. The Labute approximate surface area is 213 Å². The van der Waals surface area contributed by atoms with Gasteiger partial charge in [-0.15, -0.1) is 0 Å². The molecule has 4 aromatic rings. The molecule has 0 saturated carbocycles. The number of aryl methyl sites for hydroxylation is 1. The SMILES string of the molecule is CC1=Cc2c(cccc2-n2cnc(C)c2)[CH]1[Zr+2][CH]1c2ccccc2-c2ccccc21.[Cl-].[Cl-]. The van der Waals surface area contributed by atoms with Gasteiger partial charge in [-0.1, -0.05) is 0 Å². The number of imidazole rings is 1. The summed E-state index contributed by atoms with van der Waals surface area (Å²) in [6, 6.07) is 24.9. The number of rotatable bonds is 3. The van der Waals surface area contributed by atoms with Crippen LogP contribution in [0.3, 0.4) is 0 Å². The van der Waals surface area contributed by atoms with Gasteiger partial charge < -0.3 is 24.8 Å². The molecular formula is C27H22Cl2N2Zr. The summed E-state index contributed by atoms with van der Waals surface area (Å²) in [4.78, 5) is 4.44. The molecule has 0 N–H and O–H groups in total. The standard InChI is InChI=1S/C14H13N2.C13H9.2ClH.Zr/c1-10-6-12-4-3-5-14(13(12)7-10)16-8-11(2)15-9-16;1-3-7-12-10(5-1)9-11-6-2-4-8-13(11)12;;;/h3-9H,1-2H3;1-9H;2*1H;/q;;;;+2/p-2. The Balaban J connectivity index is 0.00000122. The van der Waals surface area contributed by atoms with Crippen LogP contribution in [0.2, 0.25) is 0 Å². The summed E-state index contributed by atoms with van der Waals surface area (Å²) in [6.45, 7) is 4.38. The first-order valence-corrected chi connectivity index (χ1v) is 13.3. The van der Waals surface area contributed by atoms with E-state index in [0.29, 0.717) is 7.25 Å². The van der Waals surface area contributed by atoms with Crippen LogP contribution in [0.15, 0.2) is 84.8 Å². The fraction of sp³-hybridized carbons (Fsp3) is 0.148. The molecule has 5 heteroatoms. The van der Waals surface area contributed by atoms with Crippen LogP contribution in [0.1, 0.15) is 42.1 Å². The summed E-state index contributed by atoms with van der Waals surface area (Å²) in [5, 5.41) is 0. The van der Waals surface area contributed by atoms with E-state index in [4.69, 9.17) is 0 Å². The predicted molar refractivity (Wildman–Crippen MR) is 118 cm³/mol. The van der Waals surface area contributed by atoms with Gasteiger partial charge in [0.15, 0.2) is 0 Å². The Kier molecular flexibility index (Phi) is 6.64. The smallest absolute Gasteiger partial charge is 1.00 e. The number of allylic oxidation sites excluding steroid dienone is 1. The molecule has 0 amide bonds. The van der Waals surface area contributed by atoms with Gasteiger partial charge in [0.05, 0.1) is 0 Å². The quantitative estimate of drug-likeness (QED) is 0.373. The molecule has 3 aromatic carbocycles. The Morgan fingerprint density at radius 3 is 2.00 bits per heavy atom. The fourth-order valence-electron chi connectivity index (χ4n) is 5.04. The van der Waals surface area contributed by atoms with E-state index in [9.17, 15) is 0 Å². The third-order valence-electron chi connectivity index (χ3n) is 6.41. The molecule has 0 saturated heterocycles. The van der Waals surface area contributed by atoms with Gasteiger partial charge in [0, 0.05) is 0 Å². The van der Waals surface area contributed by atoms with Crippen molar-refractivity contribution in [2.75, 3.05) is 0 Å². The molecule has 1 heterocycles. The number of nitrogens with zero attached hydrogens (tertiary/aromatic N) is 2. The molecule has 158 valence electrons. The fourth-order valence-corrected chi connectivity index (χ4v) is 9.89. The summed E-state index contributed by atoms with van der Waals surface area (Å²) >= 11 is -0.851. The van der Waals surface area contributed by atoms with Crippen molar-refractivity contribution in [3.05, 3.63) is 113 Å². The largest absolute Gasteiger partial charge is 1.00 e. The van der Waals surface area contributed by atoms with Gasteiger partial charge in [0.1, 0.15) is 0 Å². The van der Waals surface area contributed by atoms with E-state index in [2.05, 4.69) is 95.5 Å². The van der Waals surface area contributed by atoms with Gasteiger partial charge >= 0.3 is 190 Å². The Bertz CT molecular complexity index is 1280. The van der Waals surface area contributed by atoms with E-state index in [1.54, 1.807) is 11.1 Å². The van der Waals surface area contributed by atoms with Crippen molar-refractivity contribution in [3.63, 3.8) is 0 Å². The number of hydrogen-bond donors (Lipinski definition) is 0. The number of aromatic nitrogens is 2. The topological polar surface area (TPSA) is 17.8 Å². The van der Waals surface area contributed by atoms with Crippen LogP contribution in [0.25, 0.3) is 22.9 Å². The maximum atomic E-state index is 4.44. The molecule has 2 aliphatic rings. The van der Waals surface area contributed by atoms with Crippen molar-refractivity contribution in [1.82, 2.24) is 9.55 Å². The molecule has 1 unspecified atom stereocenters. The van der Waals surface area contributed by atoms with Crippen molar-refractivity contribution in [1.29, 1.82) is 0 Å². The Morgan fingerprint density at radius 1 is 0.750 bits per heavy atom. The first-order valence-electron chi connectivity index (χ1n) is 10.5. The monoisotopic (exact) mass is 534 g/mol. The number of hydrogen-bond acceptors (Lipinski definition) is 1. The van der Waals surface area contributed by atoms with Crippen LogP contribution in [-0.2, 0) is 23.2 Å². The Morgan fingerprint density at radius 2 is 1.38 bits per heavy atom. The first kappa shape index (κ1) is 23.2. The number of benzene rings is 3. The molecule has 0 bridgehead atoms. The van der Waals surface area contributed by atoms with Gasteiger partial charge in [-0.05, 0) is 0 Å². The minimum Gasteiger partial charge on any atom is -1.00 e. The molecule has 2 nitrogen and oxygen atoms in total. The maximum Gasteiger partial charge on any atom is -1.00 e. The second-order valence-corrected chi connectivity index (χ2v) is 12.0. The molecule has 0 fully saturated rings. The van der Waals surface area contributed by atoms with Crippen LogP contribution in [-0.4, -0.2) is 9.55 Å². The van der Waals surface area contributed by atoms with Gasteiger partial charge in [-0.3, -0.25) is 0 Å². The zero-order chi connectivity index (χ0) is 20.2. The third-order valence-corrected chi connectivity index (χ3v) is 11.5. The van der Waals surface area contributed by atoms with Crippen LogP contribution >= 0.6 is 0 Å². The van der Waals surface area contributed by atoms with Crippen molar-refractivity contribution in [2.45, 2.75) is 21.1 Å². The van der Waals surface area contributed by atoms with E-state index in [1.165, 1.54) is 33.5 Å². The average molecular weight is 537 g/mol. The summed E-state index contributed by atoms with van der Waals surface area (Å²) in [7, 11) is 0. The molecule has 0 radical (unpaired) electrons. The molecular weight excluding hydrogens is 514 g/mol. The third kappa shape index (κ3) is 3.65. The van der Waals surface area contributed by atoms with E-state index in [-0.39, 0.29) is 24.8 Å². The zero-order valence-corrected chi connectivity index (χ0v) is 21.9. The summed E-state index contributed by atoms with van der Waals surface area (Å²) < 4.78 is 3.39. The van der Waals surface area contributed by atoms with E-state index in [1.807, 2.05) is 13.3 Å². The number of halogens is 2. The summed E-state index contributed by atoms with van der Waals surface area (Å²) in [5.74, 6) is 0. The van der Waals surface area contributed by atoms with E-state index >= 15 is 0 Å². The van der Waals surface area contributed by atoms with Crippen LogP contribution in [0.4, 0.5) is 0 Å². The molecule has 1 aromatic heterocycles. The second kappa shape index (κ2) is 9.14. The second-order valence-electron chi connectivity index (χ2n) is 8.30. The minimum absolute atomic E-state index is 0. The first-order chi connectivity index (χ1) is 14.7. The maximum absolute atomic E-state index is 4.44. The minimum atomic E-state index is -0.851. The molecule has 6 rings (SSSR count). The van der Waals surface area contributed by atoms with Crippen molar-refractivity contribution in [3.8, 4) is 16.8 Å². The van der Waals surface area contributed by atoms with Crippen molar-refractivity contribution in [2.24, 2.45) is 0 Å². The van der Waals surface area contributed by atoms with Crippen molar-refractivity contribution >= 4 is 6.08 Å². The predicted octanol–water partition coefficient (Wildman–Crippen LogP) is 0.499. The normalized spacial score (nSPS) is 15.6. The molecule has 0 spiro atoms. The molecule has 2 aliphatic carbocycles. The van der Waals surface area contributed by atoms with Crippen molar-refractivity contribution < 1.29 is 48.0 Å². The molecule has 0 aliphatic heterocycles. The molecule has 1 atom stereocenters. The Hall–Kier alpha value is -1.93. The zero-order valence-electron chi connectivity index (χ0n) is 17.9.